The highest BCUT2D eigenvalue weighted by molar-refractivity contribution is 5.76. The van der Waals surface area contributed by atoms with Gasteiger partial charge in [-0.15, -0.1) is 0 Å². The largest absolute Gasteiger partial charge is 0.345 e. The summed E-state index contributed by atoms with van der Waals surface area (Å²) in [5.41, 5.74) is 1.17. The summed E-state index contributed by atoms with van der Waals surface area (Å²) in [6.45, 7) is 3.83. The number of amides is 1. The Balaban J connectivity index is 1.98. The van der Waals surface area contributed by atoms with Gasteiger partial charge in [0.1, 0.15) is 6.54 Å². The molecule has 0 aliphatic carbocycles. The summed E-state index contributed by atoms with van der Waals surface area (Å²) in [4.78, 5) is 14.0. The number of carbonyl (C=O) groups excluding carboxylic acids is 1. The number of hydrogen-bond acceptors (Lipinski definition) is 1. The van der Waals surface area contributed by atoms with Crippen LogP contribution in [-0.2, 0) is 17.9 Å². The Hall–Kier alpha value is -2.03. The summed E-state index contributed by atoms with van der Waals surface area (Å²) in [5, 5.41) is 0. The second kappa shape index (κ2) is 6.05. The number of nitrogens with zero attached hydrogens (tertiary/aromatic N) is 2. The van der Waals surface area contributed by atoms with E-state index in [-0.39, 0.29) is 5.91 Å². The zero-order valence-corrected chi connectivity index (χ0v) is 10.6. The molecule has 0 bridgehead atoms. The lowest BCUT2D eigenvalue weighted by Crippen LogP contribution is -2.32. The number of aromatic nitrogens is 1. The van der Waals surface area contributed by atoms with Crippen LogP contribution in [0.15, 0.2) is 54.9 Å². The Morgan fingerprint density at radius 1 is 1.11 bits per heavy atom. The van der Waals surface area contributed by atoms with Gasteiger partial charge in [0, 0.05) is 25.5 Å². The van der Waals surface area contributed by atoms with Gasteiger partial charge >= 0.3 is 0 Å². The van der Waals surface area contributed by atoms with Crippen LogP contribution in [0.5, 0.6) is 0 Å². The Bertz CT molecular complexity index is 476. The van der Waals surface area contributed by atoms with Gasteiger partial charge in [-0.25, -0.2) is 0 Å². The number of benzene rings is 1. The van der Waals surface area contributed by atoms with Crippen molar-refractivity contribution in [2.24, 2.45) is 0 Å². The molecule has 1 aromatic carbocycles. The molecule has 0 saturated heterocycles. The zero-order chi connectivity index (χ0) is 12.8. The fraction of sp³-hybridized carbons (Fsp3) is 0.267. The van der Waals surface area contributed by atoms with Crippen LogP contribution < -0.4 is 0 Å². The van der Waals surface area contributed by atoms with Crippen LogP contribution in [0, 0.1) is 0 Å². The first-order valence-electron chi connectivity index (χ1n) is 6.22. The molecule has 94 valence electrons. The van der Waals surface area contributed by atoms with Gasteiger partial charge in [0.2, 0.25) is 5.91 Å². The quantitative estimate of drug-likeness (QED) is 0.791. The third-order valence-corrected chi connectivity index (χ3v) is 2.93. The van der Waals surface area contributed by atoms with Gasteiger partial charge < -0.3 is 9.47 Å². The molecule has 3 heteroatoms. The van der Waals surface area contributed by atoms with Crippen molar-refractivity contribution in [3.8, 4) is 0 Å². The first kappa shape index (κ1) is 12.4. The van der Waals surface area contributed by atoms with Crippen molar-refractivity contribution in [3.63, 3.8) is 0 Å². The maximum atomic E-state index is 12.2. The smallest absolute Gasteiger partial charge is 0.242 e. The van der Waals surface area contributed by atoms with E-state index in [0.717, 1.165) is 6.54 Å². The minimum atomic E-state index is 0.151. The average molecular weight is 242 g/mol. The van der Waals surface area contributed by atoms with Crippen LogP contribution in [0.4, 0.5) is 0 Å². The van der Waals surface area contributed by atoms with E-state index in [1.807, 2.05) is 71.2 Å². The van der Waals surface area contributed by atoms with Gasteiger partial charge in [0.05, 0.1) is 0 Å². The van der Waals surface area contributed by atoms with Crippen molar-refractivity contribution < 1.29 is 4.79 Å². The average Bonchev–Trinajstić information content (AvgIpc) is 2.90. The van der Waals surface area contributed by atoms with Gasteiger partial charge in [-0.1, -0.05) is 30.3 Å². The van der Waals surface area contributed by atoms with Gasteiger partial charge in [-0.3, -0.25) is 4.79 Å². The number of rotatable bonds is 5. The molecule has 0 saturated carbocycles. The van der Waals surface area contributed by atoms with Crippen molar-refractivity contribution in [2.75, 3.05) is 6.54 Å². The summed E-state index contributed by atoms with van der Waals surface area (Å²) < 4.78 is 1.90. The fourth-order valence-corrected chi connectivity index (χ4v) is 1.91. The van der Waals surface area contributed by atoms with Crippen LogP contribution >= 0.6 is 0 Å². The monoisotopic (exact) mass is 242 g/mol. The summed E-state index contributed by atoms with van der Waals surface area (Å²) in [6.07, 6.45) is 3.82. The van der Waals surface area contributed by atoms with E-state index < -0.39 is 0 Å². The van der Waals surface area contributed by atoms with Crippen molar-refractivity contribution in [2.45, 2.75) is 20.0 Å². The molecule has 0 radical (unpaired) electrons. The minimum Gasteiger partial charge on any atom is -0.345 e. The van der Waals surface area contributed by atoms with E-state index in [0.29, 0.717) is 13.1 Å². The van der Waals surface area contributed by atoms with E-state index in [1.54, 1.807) is 0 Å². The topological polar surface area (TPSA) is 25.2 Å². The Labute approximate surface area is 108 Å². The zero-order valence-electron chi connectivity index (χ0n) is 10.6. The molecule has 3 nitrogen and oxygen atoms in total. The Morgan fingerprint density at radius 3 is 2.39 bits per heavy atom. The molecule has 0 N–H and O–H groups in total. The van der Waals surface area contributed by atoms with E-state index in [1.165, 1.54) is 5.56 Å². The molecule has 0 spiro atoms. The first-order valence-corrected chi connectivity index (χ1v) is 6.22. The highest BCUT2D eigenvalue weighted by Gasteiger charge is 2.11. The number of carbonyl (C=O) groups is 1. The molecule has 0 unspecified atom stereocenters. The van der Waals surface area contributed by atoms with Crippen molar-refractivity contribution >= 4 is 5.91 Å². The van der Waals surface area contributed by atoms with Crippen LogP contribution in [-0.4, -0.2) is 21.9 Å². The molecule has 0 aliphatic heterocycles. The lowest BCUT2D eigenvalue weighted by Gasteiger charge is -2.21. The minimum absolute atomic E-state index is 0.151. The lowest BCUT2D eigenvalue weighted by atomic mass is 10.2. The normalized spacial score (nSPS) is 10.3. The number of likely N-dealkylation sites (N-methyl/N-ethyl adjacent to an activating group) is 1. The maximum absolute atomic E-state index is 12.2. The number of hydrogen-bond donors (Lipinski definition) is 0. The van der Waals surface area contributed by atoms with E-state index in [2.05, 4.69) is 0 Å². The van der Waals surface area contributed by atoms with Crippen LogP contribution in [0.25, 0.3) is 0 Å². The molecule has 2 aromatic rings. The molecule has 18 heavy (non-hydrogen) atoms. The molecule has 0 atom stereocenters. The van der Waals surface area contributed by atoms with Gasteiger partial charge in [-0.05, 0) is 24.6 Å². The van der Waals surface area contributed by atoms with Crippen molar-refractivity contribution in [1.29, 1.82) is 0 Å². The van der Waals surface area contributed by atoms with Crippen LogP contribution in [0.2, 0.25) is 0 Å². The summed E-state index contributed by atoms with van der Waals surface area (Å²) in [6, 6.07) is 13.9. The molecule has 2 rings (SSSR count). The SMILES string of the molecule is CCN(Cc1ccccc1)C(=O)Cn1cccc1. The molecule has 1 heterocycles. The van der Waals surface area contributed by atoms with E-state index >= 15 is 0 Å². The lowest BCUT2D eigenvalue weighted by molar-refractivity contribution is -0.132. The molecule has 0 fully saturated rings. The second-order valence-electron chi connectivity index (χ2n) is 4.25. The molecule has 0 aliphatic rings. The third kappa shape index (κ3) is 3.23. The second-order valence-corrected chi connectivity index (χ2v) is 4.25. The molecule has 1 aromatic heterocycles. The molecule has 1 amide bonds. The Kier molecular flexibility index (Phi) is 4.18. The van der Waals surface area contributed by atoms with Crippen molar-refractivity contribution in [3.05, 3.63) is 60.4 Å². The molecular formula is C15H18N2O. The Morgan fingerprint density at radius 2 is 1.78 bits per heavy atom. The highest BCUT2D eigenvalue weighted by atomic mass is 16.2. The molecular weight excluding hydrogens is 224 g/mol. The third-order valence-electron chi connectivity index (χ3n) is 2.93. The van der Waals surface area contributed by atoms with Crippen LogP contribution in [0.3, 0.4) is 0 Å². The highest BCUT2D eigenvalue weighted by Crippen LogP contribution is 2.05. The summed E-state index contributed by atoms with van der Waals surface area (Å²) in [5.74, 6) is 0.151. The predicted octanol–water partition coefficient (Wildman–Crippen LogP) is 2.54. The standard InChI is InChI=1S/C15H18N2O/c1-2-17(12-14-8-4-3-5-9-14)15(18)13-16-10-6-7-11-16/h3-11H,2,12-13H2,1H3. The van der Waals surface area contributed by atoms with Gasteiger partial charge in [0.15, 0.2) is 0 Å². The summed E-state index contributed by atoms with van der Waals surface area (Å²) >= 11 is 0. The van der Waals surface area contributed by atoms with E-state index in [4.69, 9.17) is 0 Å². The first-order chi connectivity index (χ1) is 8.79. The summed E-state index contributed by atoms with van der Waals surface area (Å²) in [7, 11) is 0. The maximum Gasteiger partial charge on any atom is 0.242 e. The van der Waals surface area contributed by atoms with Gasteiger partial charge in [0.25, 0.3) is 0 Å². The van der Waals surface area contributed by atoms with Gasteiger partial charge in [-0.2, -0.15) is 0 Å². The predicted molar refractivity (Wildman–Crippen MR) is 72.0 cm³/mol. The van der Waals surface area contributed by atoms with Crippen molar-refractivity contribution in [1.82, 2.24) is 9.47 Å². The van der Waals surface area contributed by atoms with E-state index in [9.17, 15) is 4.79 Å². The fourth-order valence-electron chi connectivity index (χ4n) is 1.91. The van der Waals surface area contributed by atoms with Crippen LogP contribution in [0.1, 0.15) is 12.5 Å².